The molecule has 94 valence electrons. The molecule has 0 saturated heterocycles. The fraction of sp³-hybridized carbons (Fsp3) is 0.500. The van der Waals surface area contributed by atoms with Crippen LogP contribution in [0.1, 0.15) is 6.92 Å². The molecule has 1 heterocycles. The van der Waals surface area contributed by atoms with Crippen molar-refractivity contribution in [1.82, 2.24) is 9.88 Å². The molecule has 1 aromatic heterocycles. The van der Waals surface area contributed by atoms with Gasteiger partial charge in [-0.3, -0.25) is 10.1 Å². The summed E-state index contributed by atoms with van der Waals surface area (Å²) in [6, 6.07) is 2.91. The molecule has 0 spiro atoms. The van der Waals surface area contributed by atoms with Gasteiger partial charge in [0, 0.05) is 19.2 Å². The molecule has 1 rings (SSSR count). The summed E-state index contributed by atoms with van der Waals surface area (Å²) in [6.07, 6.45) is 0. The van der Waals surface area contributed by atoms with E-state index in [0.717, 1.165) is 13.1 Å². The van der Waals surface area contributed by atoms with Gasteiger partial charge in [-0.15, -0.1) is 0 Å². The van der Waals surface area contributed by atoms with Crippen molar-refractivity contribution >= 4 is 17.3 Å². The molecule has 0 radical (unpaired) electrons. The van der Waals surface area contributed by atoms with E-state index in [1.165, 1.54) is 6.07 Å². The van der Waals surface area contributed by atoms with Crippen molar-refractivity contribution in [2.24, 2.45) is 0 Å². The van der Waals surface area contributed by atoms with Crippen molar-refractivity contribution in [2.45, 2.75) is 6.92 Å². The summed E-state index contributed by atoms with van der Waals surface area (Å²) in [7, 11) is 2.01. The Morgan fingerprint density at radius 3 is 2.82 bits per heavy atom. The van der Waals surface area contributed by atoms with E-state index < -0.39 is 4.92 Å². The first kappa shape index (κ1) is 13.2. The van der Waals surface area contributed by atoms with Crippen LogP contribution in [0.5, 0.6) is 0 Å². The zero-order valence-corrected chi connectivity index (χ0v) is 10.0. The van der Waals surface area contributed by atoms with Gasteiger partial charge in [-0.25, -0.2) is 4.98 Å². The summed E-state index contributed by atoms with van der Waals surface area (Å²) < 4.78 is 0. The number of rotatable bonds is 6. The first-order chi connectivity index (χ1) is 8.04. The molecular formula is C10H17N5O2. The maximum Gasteiger partial charge on any atom is 0.311 e. The van der Waals surface area contributed by atoms with Crippen LogP contribution < -0.4 is 11.1 Å². The van der Waals surface area contributed by atoms with E-state index in [2.05, 4.69) is 22.1 Å². The number of nitrogen functional groups attached to an aromatic ring is 1. The highest BCUT2D eigenvalue weighted by molar-refractivity contribution is 5.57. The molecule has 3 N–H and O–H groups in total. The van der Waals surface area contributed by atoms with Crippen LogP contribution in [0.25, 0.3) is 0 Å². The first-order valence-electron chi connectivity index (χ1n) is 5.38. The SMILES string of the molecule is CCN(C)CCNc1ccc([N+](=O)[O-])c(N)n1. The second-order valence-electron chi connectivity index (χ2n) is 3.68. The summed E-state index contributed by atoms with van der Waals surface area (Å²) in [5.41, 5.74) is 5.31. The fourth-order valence-electron chi connectivity index (χ4n) is 1.25. The number of anilines is 2. The van der Waals surface area contributed by atoms with Crippen molar-refractivity contribution < 1.29 is 4.92 Å². The summed E-state index contributed by atoms with van der Waals surface area (Å²) in [5.74, 6) is 0.487. The highest BCUT2D eigenvalue weighted by Gasteiger charge is 2.12. The maximum absolute atomic E-state index is 10.5. The molecule has 7 nitrogen and oxygen atoms in total. The summed E-state index contributed by atoms with van der Waals surface area (Å²) in [4.78, 5) is 16.1. The van der Waals surface area contributed by atoms with E-state index in [9.17, 15) is 10.1 Å². The van der Waals surface area contributed by atoms with Crippen molar-refractivity contribution in [3.05, 3.63) is 22.2 Å². The van der Waals surface area contributed by atoms with E-state index in [4.69, 9.17) is 5.73 Å². The summed E-state index contributed by atoms with van der Waals surface area (Å²) >= 11 is 0. The van der Waals surface area contributed by atoms with Crippen LogP contribution in [0.2, 0.25) is 0 Å². The largest absolute Gasteiger partial charge is 0.378 e. The number of likely N-dealkylation sites (N-methyl/N-ethyl adjacent to an activating group) is 1. The Hall–Kier alpha value is -1.89. The Kier molecular flexibility index (Phi) is 4.65. The third kappa shape index (κ3) is 3.87. The van der Waals surface area contributed by atoms with Gasteiger partial charge < -0.3 is 16.0 Å². The summed E-state index contributed by atoms with van der Waals surface area (Å²) in [6.45, 7) is 4.63. The predicted octanol–water partition coefficient (Wildman–Crippen LogP) is 0.936. The van der Waals surface area contributed by atoms with Crippen molar-refractivity contribution in [3.8, 4) is 0 Å². The monoisotopic (exact) mass is 239 g/mol. The maximum atomic E-state index is 10.5. The number of nitrogens with one attached hydrogen (secondary N) is 1. The van der Waals surface area contributed by atoms with Gasteiger partial charge in [0.15, 0.2) is 0 Å². The highest BCUT2D eigenvalue weighted by Crippen LogP contribution is 2.20. The van der Waals surface area contributed by atoms with Crippen molar-refractivity contribution in [1.29, 1.82) is 0 Å². The molecule has 17 heavy (non-hydrogen) atoms. The minimum Gasteiger partial charge on any atom is -0.378 e. The number of nitro groups is 1. The van der Waals surface area contributed by atoms with Gasteiger partial charge in [-0.2, -0.15) is 0 Å². The van der Waals surface area contributed by atoms with Gasteiger partial charge in [0.05, 0.1) is 4.92 Å². The van der Waals surface area contributed by atoms with Gasteiger partial charge in [-0.05, 0) is 19.7 Å². The standard InChI is InChI=1S/C10H17N5O2/c1-3-14(2)7-6-12-9-5-4-8(15(16)17)10(11)13-9/h4-5H,3,6-7H2,1-2H3,(H3,11,12,13). The Balaban J connectivity index is 2.56. The number of hydrogen-bond acceptors (Lipinski definition) is 6. The molecular weight excluding hydrogens is 222 g/mol. The van der Waals surface area contributed by atoms with Crippen LogP contribution in [0.3, 0.4) is 0 Å². The third-order valence-electron chi connectivity index (χ3n) is 2.44. The molecule has 0 amide bonds. The van der Waals surface area contributed by atoms with Gasteiger partial charge in [0.1, 0.15) is 5.82 Å². The predicted molar refractivity (Wildman–Crippen MR) is 67.0 cm³/mol. The minimum atomic E-state index is -0.545. The van der Waals surface area contributed by atoms with Crippen molar-refractivity contribution in [2.75, 3.05) is 37.7 Å². The van der Waals surface area contributed by atoms with Crippen LogP contribution in [0.4, 0.5) is 17.3 Å². The van der Waals surface area contributed by atoms with Gasteiger partial charge in [0.25, 0.3) is 0 Å². The normalized spacial score (nSPS) is 10.5. The third-order valence-corrected chi connectivity index (χ3v) is 2.44. The van der Waals surface area contributed by atoms with E-state index in [-0.39, 0.29) is 11.5 Å². The second-order valence-corrected chi connectivity index (χ2v) is 3.68. The fourth-order valence-corrected chi connectivity index (χ4v) is 1.25. The lowest BCUT2D eigenvalue weighted by Gasteiger charge is -2.14. The molecule has 0 aliphatic carbocycles. The van der Waals surface area contributed by atoms with Gasteiger partial charge in [-0.1, -0.05) is 6.92 Å². The van der Waals surface area contributed by atoms with E-state index in [1.807, 2.05) is 7.05 Å². The Bertz CT molecular complexity index is 396. The van der Waals surface area contributed by atoms with Crippen LogP contribution in [-0.4, -0.2) is 41.5 Å². The van der Waals surface area contributed by atoms with Crippen LogP contribution in [-0.2, 0) is 0 Å². The molecule has 0 atom stereocenters. The molecule has 0 aromatic carbocycles. The Labute approximate surface area is 99.8 Å². The lowest BCUT2D eigenvalue weighted by Crippen LogP contribution is -2.25. The number of nitrogens with two attached hydrogens (primary N) is 1. The lowest BCUT2D eigenvalue weighted by molar-refractivity contribution is -0.384. The van der Waals surface area contributed by atoms with Crippen LogP contribution >= 0.6 is 0 Å². The number of pyridine rings is 1. The first-order valence-corrected chi connectivity index (χ1v) is 5.38. The Morgan fingerprint density at radius 2 is 2.29 bits per heavy atom. The smallest absolute Gasteiger partial charge is 0.311 e. The zero-order chi connectivity index (χ0) is 12.8. The average molecular weight is 239 g/mol. The molecule has 0 aliphatic heterocycles. The molecule has 0 fully saturated rings. The molecule has 0 aliphatic rings. The quantitative estimate of drug-likeness (QED) is 0.566. The molecule has 1 aromatic rings. The van der Waals surface area contributed by atoms with Gasteiger partial charge >= 0.3 is 5.69 Å². The van der Waals surface area contributed by atoms with Crippen LogP contribution in [0, 0.1) is 10.1 Å². The number of hydrogen-bond donors (Lipinski definition) is 2. The molecule has 7 heteroatoms. The van der Waals surface area contributed by atoms with Crippen molar-refractivity contribution in [3.63, 3.8) is 0 Å². The van der Waals surface area contributed by atoms with E-state index >= 15 is 0 Å². The molecule has 0 saturated carbocycles. The topological polar surface area (TPSA) is 97.3 Å². The minimum absolute atomic E-state index is 0.0659. The highest BCUT2D eigenvalue weighted by atomic mass is 16.6. The number of aromatic nitrogens is 1. The average Bonchev–Trinajstić information content (AvgIpc) is 2.28. The molecule has 0 unspecified atom stereocenters. The summed E-state index contributed by atoms with van der Waals surface area (Å²) in [5, 5.41) is 13.6. The van der Waals surface area contributed by atoms with E-state index in [0.29, 0.717) is 12.4 Å². The van der Waals surface area contributed by atoms with Gasteiger partial charge in [0.2, 0.25) is 5.82 Å². The molecule has 0 bridgehead atoms. The lowest BCUT2D eigenvalue weighted by atomic mass is 10.4. The Morgan fingerprint density at radius 1 is 1.59 bits per heavy atom. The van der Waals surface area contributed by atoms with E-state index in [1.54, 1.807) is 6.07 Å². The van der Waals surface area contributed by atoms with Crippen LogP contribution in [0.15, 0.2) is 12.1 Å². The zero-order valence-electron chi connectivity index (χ0n) is 10.0. The second kappa shape index (κ2) is 6.00. The number of nitrogens with zero attached hydrogens (tertiary/aromatic N) is 3.